The summed E-state index contributed by atoms with van der Waals surface area (Å²) in [6.07, 6.45) is 0. The lowest BCUT2D eigenvalue weighted by molar-refractivity contribution is -0.119. The Bertz CT molecular complexity index is 942. The molecule has 0 unspecified atom stereocenters. The van der Waals surface area contributed by atoms with E-state index in [4.69, 9.17) is 0 Å². The van der Waals surface area contributed by atoms with Gasteiger partial charge in [-0.1, -0.05) is 44.0 Å². The van der Waals surface area contributed by atoms with Crippen LogP contribution < -0.4 is 10.6 Å². The molecule has 0 bridgehead atoms. The van der Waals surface area contributed by atoms with Gasteiger partial charge in [-0.05, 0) is 35.4 Å². The zero-order valence-corrected chi connectivity index (χ0v) is 19.3. The van der Waals surface area contributed by atoms with Crippen LogP contribution in [0, 0.1) is 0 Å². The minimum Gasteiger partial charge on any atom is -0.384 e. The standard InChI is InChI=1S/C10H8BrNOS.C10H10BrNS/c11-6-1-2-7-8(3-6)12-9(13)10(7)4-14-5-10;11-7-1-2-8-9(3-7)12-4-10(8)5-13-6-10/h1-3H,4-5H2,(H,12,13);1-3,12H,4-6H2. The maximum Gasteiger partial charge on any atom is 0.236 e. The van der Waals surface area contributed by atoms with Crippen molar-refractivity contribution in [2.45, 2.75) is 10.8 Å². The first-order valence-electron chi connectivity index (χ1n) is 8.83. The van der Waals surface area contributed by atoms with Crippen molar-refractivity contribution in [3.05, 3.63) is 56.5 Å². The Labute approximate surface area is 184 Å². The number of hydrogen-bond acceptors (Lipinski definition) is 4. The van der Waals surface area contributed by atoms with Crippen LogP contribution in [0.1, 0.15) is 11.1 Å². The maximum atomic E-state index is 11.8. The normalized spacial score (nSPS) is 21.9. The fourth-order valence-electron chi connectivity index (χ4n) is 4.09. The minimum absolute atomic E-state index is 0.171. The summed E-state index contributed by atoms with van der Waals surface area (Å²) in [7, 11) is 0. The summed E-state index contributed by atoms with van der Waals surface area (Å²) in [5.41, 5.74) is 5.26. The quantitative estimate of drug-likeness (QED) is 0.493. The number of rotatable bonds is 0. The fraction of sp³-hybridized carbons (Fsp3) is 0.350. The highest BCUT2D eigenvalue weighted by atomic mass is 79.9. The lowest BCUT2D eigenvalue weighted by Gasteiger charge is -2.37. The number of carbonyl (C=O) groups is 1. The molecule has 0 atom stereocenters. The van der Waals surface area contributed by atoms with Crippen molar-refractivity contribution in [2.75, 3.05) is 40.2 Å². The molecule has 2 aromatic carbocycles. The molecule has 2 fully saturated rings. The largest absolute Gasteiger partial charge is 0.384 e. The van der Waals surface area contributed by atoms with E-state index >= 15 is 0 Å². The fourth-order valence-corrected chi connectivity index (χ4v) is 7.20. The van der Waals surface area contributed by atoms with Crippen LogP contribution in [0.4, 0.5) is 11.4 Å². The van der Waals surface area contributed by atoms with Gasteiger partial charge >= 0.3 is 0 Å². The molecule has 27 heavy (non-hydrogen) atoms. The van der Waals surface area contributed by atoms with Crippen molar-refractivity contribution in [1.82, 2.24) is 0 Å². The molecule has 140 valence electrons. The smallest absolute Gasteiger partial charge is 0.236 e. The highest BCUT2D eigenvalue weighted by molar-refractivity contribution is 9.10. The van der Waals surface area contributed by atoms with Gasteiger partial charge in [0.1, 0.15) is 0 Å². The van der Waals surface area contributed by atoms with E-state index in [0.29, 0.717) is 5.41 Å². The second-order valence-corrected chi connectivity index (χ2v) is 11.3. The van der Waals surface area contributed by atoms with Crippen LogP contribution >= 0.6 is 55.4 Å². The van der Waals surface area contributed by atoms with Crippen LogP contribution in [0.3, 0.4) is 0 Å². The number of halogens is 2. The van der Waals surface area contributed by atoms with Gasteiger partial charge in [0.15, 0.2) is 0 Å². The number of fused-ring (bicyclic) bond motifs is 4. The van der Waals surface area contributed by atoms with Crippen molar-refractivity contribution in [3.8, 4) is 0 Å². The molecule has 6 rings (SSSR count). The number of thioether (sulfide) groups is 2. The number of carbonyl (C=O) groups excluding carboxylic acids is 1. The molecule has 4 aliphatic heterocycles. The Balaban J connectivity index is 0.000000119. The Morgan fingerprint density at radius 2 is 1.48 bits per heavy atom. The molecular weight excluding hydrogens is 508 g/mol. The molecule has 0 aliphatic carbocycles. The van der Waals surface area contributed by atoms with Crippen LogP contribution in [0.15, 0.2) is 45.3 Å². The van der Waals surface area contributed by atoms with Crippen LogP contribution in [0.2, 0.25) is 0 Å². The average Bonchev–Trinajstić information content (AvgIpc) is 3.08. The van der Waals surface area contributed by atoms with Gasteiger partial charge < -0.3 is 10.6 Å². The van der Waals surface area contributed by atoms with Gasteiger partial charge in [-0.25, -0.2) is 0 Å². The summed E-state index contributed by atoms with van der Waals surface area (Å²) >= 11 is 10.8. The van der Waals surface area contributed by atoms with Gasteiger partial charge in [0.2, 0.25) is 5.91 Å². The number of anilines is 2. The van der Waals surface area contributed by atoms with Crippen LogP contribution in [-0.2, 0) is 15.6 Å². The van der Waals surface area contributed by atoms with E-state index in [0.717, 1.165) is 28.2 Å². The van der Waals surface area contributed by atoms with Crippen LogP contribution in [0.5, 0.6) is 0 Å². The zero-order chi connectivity index (χ0) is 18.6. The summed E-state index contributed by atoms with van der Waals surface area (Å²) in [4.78, 5) is 11.8. The Hall–Kier alpha value is -0.630. The van der Waals surface area contributed by atoms with E-state index in [9.17, 15) is 4.79 Å². The summed E-state index contributed by atoms with van der Waals surface area (Å²) < 4.78 is 2.18. The lowest BCUT2D eigenvalue weighted by atomic mass is 9.85. The molecule has 4 heterocycles. The average molecular weight is 526 g/mol. The molecular formula is C20H18Br2N2OS2. The van der Waals surface area contributed by atoms with Crippen LogP contribution in [-0.4, -0.2) is 35.5 Å². The van der Waals surface area contributed by atoms with Gasteiger partial charge in [-0.15, -0.1) is 0 Å². The van der Waals surface area contributed by atoms with E-state index in [-0.39, 0.29) is 11.3 Å². The number of hydrogen-bond donors (Lipinski definition) is 2. The van der Waals surface area contributed by atoms with Crippen molar-refractivity contribution in [2.24, 2.45) is 0 Å². The second kappa shape index (κ2) is 6.71. The van der Waals surface area contributed by atoms with Gasteiger partial charge in [0.05, 0.1) is 5.41 Å². The summed E-state index contributed by atoms with van der Waals surface area (Å²) in [5, 5.41) is 6.44. The predicted octanol–water partition coefficient (Wildman–Crippen LogP) is 5.25. The van der Waals surface area contributed by atoms with E-state index in [1.165, 1.54) is 32.8 Å². The van der Waals surface area contributed by atoms with Crippen molar-refractivity contribution < 1.29 is 4.79 Å². The molecule has 2 N–H and O–H groups in total. The molecule has 7 heteroatoms. The highest BCUT2D eigenvalue weighted by Gasteiger charge is 2.51. The van der Waals surface area contributed by atoms with E-state index in [1.807, 2.05) is 35.7 Å². The van der Waals surface area contributed by atoms with Gasteiger partial charge in [-0.3, -0.25) is 4.79 Å². The summed E-state index contributed by atoms with van der Waals surface area (Å²) in [5.74, 6) is 4.59. The SMILES string of the molecule is Brc1ccc2c(c1)NCC21CSC1.O=C1Nc2cc(Br)ccc2C12CSC2. The van der Waals surface area contributed by atoms with Gasteiger partial charge in [0.25, 0.3) is 0 Å². The van der Waals surface area contributed by atoms with Crippen molar-refractivity contribution >= 4 is 72.7 Å². The number of benzene rings is 2. The zero-order valence-electron chi connectivity index (χ0n) is 14.5. The molecule has 3 nitrogen and oxygen atoms in total. The first-order chi connectivity index (χ1) is 13.0. The molecule has 0 aromatic heterocycles. The number of amides is 1. The molecule has 0 radical (unpaired) electrons. The molecule has 0 saturated carbocycles. The summed E-state index contributed by atoms with van der Waals surface area (Å²) in [6, 6.07) is 12.6. The first kappa shape index (κ1) is 18.4. The Morgan fingerprint density at radius 3 is 2.07 bits per heavy atom. The number of nitrogens with one attached hydrogen (secondary N) is 2. The molecule has 2 saturated heterocycles. The van der Waals surface area contributed by atoms with E-state index < -0.39 is 0 Å². The van der Waals surface area contributed by atoms with E-state index in [1.54, 1.807) is 0 Å². The third-order valence-corrected chi connectivity index (χ3v) is 9.70. The van der Waals surface area contributed by atoms with Crippen molar-refractivity contribution in [1.29, 1.82) is 0 Å². The topological polar surface area (TPSA) is 41.1 Å². The van der Waals surface area contributed by atoms with Gasteiger partial charge in [0, 0.05) is 55.3 Å². The maximum absolute atomic E-state index is 11.8. The van der Waals surface area contributed by atoms with Gasteiger partial charge in [-0.2, -0.15) is 23.5 Å². The Kier molecular flexibility index (Phi) is 4.58. The molecule has 4 aliphatic rings. The predicted molar refractivity (Wildman–Crippen MR) is 123 cm³/mol. The van der Waals surface area contributed by atoms with Crippen LogP contribution in [0.25, 0.3) is 0 Å². The first-order valence-corrected chi connectivity index (χ1v) is 12.7. The lowest BCUT2D eigenvalue weighted by Crippen LogP contribution is -2.46. The monoisotopic (exact) mass is 524 g/mol. The van der Waals surface area contributed by atoms with E-state index in [2.05, 4.69) is 66.8 Å². The highest BCUT2D eigenvalue weighted by Crippen LogP contribution is 2.49. The molecule has 2 spiro atoms. The third kappa shape index (κ3) is 2.88. The summed E-state index contributed by atoms with van der Waals surface area (Å²) in [6.45, 7) is 1.13. The molecule has 2 aromatic rings. The third-order valence-electron chi connectivity index (χ3n) is 5.80. The Morgan fingerprint density at radius 1 is 0.852 bits per heavy atom. The molecule has 1 amide bonds. The second-order valence-electron chi connectivity index (χ2n) is 7.54. The minimum atomic E-state index is -0.208. The van der Waals surface area contributed by atoms with Crippen molar-refractivity contribution in [3.63, 3.8) is 0 Å².